The van der Waals surface area contributed by atoms with E-state index in [4.69, 9.17) is 4.74 Å². The summed E-state index contributed by atoms with van der Waals surface area (Å²) in [6, 6.07) is 17.0. The van der Waals surface area contributed by atoms with Crippen LogP contribution in [-0.4, -0.2) is 23.4 Å². The van der Waals surface area contributed by atoms with Crippen LogP contribution in [0.2, 0.25) is 0 Å². The first-order valence-electron chi connectivity index (χ1n) is 8.94. The van der Waals surface area contributed by atoms with Crippen molar-refractivity contribution in [2.75, 3.05) is 11.5 Å². The number of hydrogen-bond donors (Lipinski definition) is 1. The second kappa shape index (κ2) is 7.82. The summed E-state index contributed by atoms with van der Waals surface area (Å²) in [6.07, 6.45) is 0. The molecule has 0 fully saturated rings. The van der Waals surface area contributed by atoms with Crippen molar-refractivity contribution in [2.24, 2.45) is 0 Å². The van der Waals surface area contributed by atoms with E-state index in [1.807, 2.05) is 61.5 Å². The van der Waals surface area contributed by atoms with Crippen LogP contribution in [0.25, 0.3) is 0 Å². The van der Waals surface area contributed by atoms with Crippen LogP contribution in [0.5, 0.6) is 5.75 Å². The van der Waals surface area contributed by atoms with Gasteiger partial charge >= 0.3 is 0 Å². The first-order chi connectivity index (χ1) is 13.6. The molecular weight excluding hydrogens is 374 g/mol. The molecule has 1 atom stereocenters. The number of fused-ring (bicyclic) bond motifs is 1. The first-order valence-corrected chi connectivity index (χ1v) is 9.82. The molecule has 1 aromatic heterocycles. The molecule has 142 valence electrons. The largest absolute Gasteiger partial charge is 0.482 e. The van der Waals surface area contributed by atoms with Crippen molar-refractivity contribution >= 4 is 28.8 Å². The predicted octanol–water partition coefficient (Wildman–Crippen LogP) is 3.56. The number of nitrogens with zero attached hydrogens (tertiary/aromatic N) is 2. The summed E-state index contributed by atoms with van der Waals surface area (Å²) in [5.74, 6) is 0.318. The van der Waals surface area contributed by atoms with Crippen molar-refractivity contribution < 1.29 is 14.3 Å². The molecule has 2 amide bonds. The number of anilines is 1. The second-order valence-corrected chi connectivity index (χ2v) is 7.41. The molecule has 3 aromatic rings. The molecule has 1 aliphatic heterocycles. The third kappa shape index (κ3) is 3.75. The molecule has 4 rings (SSSR count). The zero-order valence-corrected chi connectivity index (χ0v) is 16.1. The molecule has 0 saturated heterocycles. The molecule has 2 heterocycles. The Balaban J connectivity index is 1.46. The highest BCUT2D eigenvalue weighted by molar-refractivity contribution is 7.09. The zero-order chi connectivity index (χ0) is 19.5. The fourth-order valence-electron chi connectivity index (χ4n) is 3.05. The topological polar surface area (TPSA) is 71.5 Å². The van der Waals surface area contributed by atoms with Crippen LogP contribution in [0.4, 0.5) is 5.69 Å². The van der Waals surface area contributed by atoms with Crippen molar-refractivity contribution in [1.29, 1.82) is 0 Å². The van der Waals surface area contributed by atoms with Crippen LogP contribution in [0.15, 0.2) is 60.0 Å². The molecule has 0 spiro atoms. The highest BCUT2D eigenvalue weighted by Crippen LogP contribution is 2.32. The first kappa shape index (κ1) is 18.2. The van der Waals surface area contributed by atoms with Gasteiger partial charge in [0, 0.05) is 5.38 Å². The van der Waals surface area contributed by atoms with Crippen LogP contribution in [0, 0.1) is 0 Å². The van der Waals surface area contributed by atoms with Crippen molar-refractivity contribution in [3.8, 4) is 5.75 Å². The van der Waals surface area contributed by atoms with Gasteiger partial charge in [-0.05, 0) is 24.6 Å². The SMILES string of the molecule is C[C@H](NC(=O)c1csc(CN2C(=O)COc3ccccc32)n1)c1ccccc1. The van der Waals surface area contributed by atoms with Crippen molar-refractivity contribution in [1.82, 2.24) is 10.3 Å². The molecule has 0 unspecified atom stereocenters. The van der Waals surface area contributed by atoms with E-state index in [1.54, 1.807) is 10.3 Å². The van der Waals surface area contributed by atoms with E-state index in [9.17, 15) is 9.59 Å². The van der Waals surface area contributed by atoms with Gasteiger partial charge < -0.3 is 10.1 Å². The Morgan fingerprint density at radius 2 is 1.96 bits per heavy atom. The zero-order valence-electron chi connectivity index (χ0n) is 15.3. The van der Waals surface area contributed by atoms with Crippen LogP contribution >= 0.6 is 11.3 Å². The summed E-state index contributed by atoms with van der Waals surface area (Å²) in [5.41, 5.74) is 2.11. The Hall–Kier alpha value is -3.19. The quantitative estimate of drug-likeness (QED) is 0.719. The van der Waals surface area contributed by atoms with Gasteiger partial charge in [-0.2, -0.15) is 0 Å². The summed E-state index contributed by atoms with van der Waals surface area (Å²) in [6.45, 7) is 2.25. The maximum atomic E-state index is 12.5. The van der Waals surface area contributed by atoms with Gasteiger partial charge in [0.05, 0.1) is 18.3 Å². The number of benzene rings is 2. The Kier molecular flexibility index (Phi) is 5.08. The number of amides is 2. The normalized spacial score (nSPS) is 14.2. The minimum absolute atomic E-state index is 0.00429. The van der Waals surface area contributed by atoms with E-state index in [-0.39, 0.29) is 24.5 Å². The molecule has 0 bridgehead atoms. The minimum atomic E-state index is -0.229. The van der Waals surface area contributed by atoms with E-state index >= 15 is 0 Å². The van der Waals surface area contributed by atoms with Gasteiger partial charge in [-0.1, -0.05) is 42.5 Å². The van der Waals surface area contributed by atoms with Crippen LogP contribution in [0.1, 0.15) is 34.0 Å². The van der Waals surface area contributed by atoms with Gasteiger partial charge in [0.25, 0.3) is 11.8 Å². The Morgan fingerprint density at radius 1 is 1.21 bits per heavy atom. The number of rotatable bonds is 5. The lowest BCUT2D eigenvalue weighted by Crippen LogP contribution is -2.38. The van der Waals surface area contributed by atoms with E-state index in [0.29, 0.717) is 23.0 Å². The highest BCUT2D eigenvalue weighted by atomic mass is 32.1. The molecule has 7 heteroatoms. The number of ether oxygens (including phenoxy) is 1. The Bertz CT molecular complexity index is 1000. The maximum Gasteiger partial charge on any atom is 0.271 e. The number of carbonyl (C=O) groups is 2. The molecule has 1 aliphatic rings. The number of nitrogens with one attached hydrogen (secondary N) is 1. The number of para-hydroxylation sites is 2. The summed E-state index contributed by atoms with van der Waals surface area (Å²) >= 11 is 1.36. The number of hydrogen-bond acceptors (Lipinski definition) is 5. The predicted molar refractivity (Wildman–Crippen MR) is 108 cm³/mol. The Labute approximate surface area is 166 Å². The lowest BCUT2D eigenvalue weighted by atomic mass is 10.1. The second-order valence-electron chi connectivity index (χ2n) is 6.47. The smallest absolute Gasteiger partial charge is 0.271 e. The monoisotopic (exact) mass is 393 g/mol. The Morgan fingerprint density at radius 3 is 2.79 bits per heavy atom. The summed E-state index contributed by atoms with van der Waals surface area (Å²) < 4.78 is 5.46. The van der Waals surface area contributed by atoms with Crippen LogP contribution < -0.4 is 15.0 Å². The lowest BCUT2D eigenvalue weighted by Gasteiger charge is -2.28. The molecule has 2 aromatic carbocycles. The molecule has 28 heavy (non-hydrogen) atoms. The summed E-state index contributed by atoms with van der Waals surface area (Å²) in [4.78, 5) is 30.9. The standard InChI is InChI=1S/C21H19N3O3S/c1-14(15-7-3-2-4-8-15)22-21(26)16-13-28-19(23-16)11-24-17-9-5-6-10-18(17)27-12-20(24)25/h2-10,13-14H,11-12H2,1H3,(H,22,26)/t14-/m0/s1. The molecule has 6 nitrogen and oxygen atoms in total. The number of carbonyl (C=O) groups excluding carboxylic acids is 2. The van der Waals surface area contributed by atoms with Gasteiger partial charge in [-0.15, -0.1) is 11.3 Å². The summed E-state index contributed by atoms with van der Waals surface area (Å²) in [7, 11) is 0. The molecule has 0 radical (unpaired) electrons. The fraction of sp³-hybridized carbons (Fsp3) is 0.190. The average Bonchev–Trinajstić information content (AvgIpc) is 3.20. The van der Waals surface area contributed by atoms with Crippen molar-refractivity contribution in [3.63, 3.8) is 0 Å². The van der Waals surface area contributed by atoms with Gasteiger partial charge in [0.15, 0.2) is 6.61 Å². The molecular formula is C21H19N3O3S. The average molecular weight is 393 g/mol. The molecule has 0 aliphatic carbocycles. The van der Waals surface area contributed by atoms with Gasteiger partial charge in [-0.3, -0.25) is 14.5 Å². The lowest BCUT2D eigenvalue weighted by molar-refractivity contribution is -0.121. The van der Waals surface area contributed by atoms with E-state index < -0.39 is 0 Å². The third-order valence-electron chi connectivity index (χ3n) is 4.53. The van der Waals surface area contributed by atoms with Gasteiger partial charge in [0.1, 0.15) is 16.5 Å². The van der Waals surface area contributed by atoms with Crippen LogP contribution in [-0.2, 0) is 11.3 Å². The maximum absolute atomic E-state index is 12.5. The van der Waals surface area contributed by atoms with Crippen LogP contribution in [0.3, 0.4) is 0 Å². The van der Waals surface area contributed by atoms with Gasteiger partial charge in [-0.25, -0.2) is 4.98 Å². The van der Waals surface area contributed by atoms with Gasteiger partial charge in [0.2, 0.25) is 0 Å². The number of thiazole rings is 1. The minimum Gasteiger partial charge on any atom is -0.482 e. The van der Waals surface area contributed by atoms with Crippen molar-refractivity contribution in [3.05, 3.63) is 76.2 Å². The summed E-state index contributed by atoms with van der Waals surface area (Å²) in [5, 5.41) is 5.38. The number of aromatic nitrogens is 1. The van der Waals surface area contributed by atoms with E-state index in [0.717, 1.165) is 11.3 Å². The highest BCUT2D eigenvalue weighted by Gasteiger charge is 2.26. The third-order valence-corrected chi connectivity index (χ3v) is 5.37. The van der Waals surface area contributed by atoms with E-state index in [1.165, 1.54) is 11.3 Å². The molecule has 1 N–H and O–H groups in total. The van der Waals surface area contributed by atoms with E-state index in [2.05, 4.69) is 10.3 Å². The molecule has 0 saturated carbocycles. The van der Waals surface area contributed by atoms with Crippen molar-refractivity contribution in [2.45, 2.75) is 19.5 Å². The fourth-order valence-corrected chi connectivity index (χ4v) is 3.81.